The second-order valence-electron chi connectivity index (χ2n) is 9.68. The van der Waals surface area contributed by atoms with E-state index >= 15 is 0 Å². The maximum absolute atomic E-state index is 12.6. The number of likely N-dealkylation sites (tertiary alicyclic amines) is 1. The highest BCUT2D eigenvalue weighted by atomic mass is 16.2. The van der Waals surface area contributed by atoms with Gasteiger partial charge in [0, 0.05) is 44.5 Å². The molecule has 3 unspecified atom stereocenters. The van der Waals surface area contributed by atoms with Crippen molar-refractivity contribution in [2.75, 3.05) is 44.2 Å². The van der Waals surface area contributed by atoms with Crippen LogP contribution in [0.15, 0.2) is 24.3 Å². The number of hydrogen-bond acceptors (Lipinski definition) is 5. The van der Waals surface area contributed by atoms with Crippen LogP contribution in [0.5, 0.6) is 0 Å². The summed E-state index contributed by atoms with van der Waals surface area (Å²) < 4.78 is 0. The molecule has 3 atom stereocenters. The summed E-state index contributed by atoms with van der Waals surface area (Å²) in [4.78, 5) is 43.7. The molecule has 7 heteroatoms. The lowest BCUT2D eigenvalue weighted by Crippen LogP contribution is -2.48. The van der Waals surface area contributed by atoms with Crippen LogP contribution in [0.3, 0.4) is 0 Å². The topological polar surface area (TPSA) is 73.0 Å². The van der Waals surface area contributed by atoms with Crippen molar-refractivity contribution < 1.29 is 14.4 Å². The van der Waals surface area contributed by atoms with Gasteiger partial charge in [0.15, 0.2) is 0 Å². The number of aryl methyl sites for hydroxylation is 1. The van der Waals surface area contributed by atoms with Crippen molar-refractivity contribution in [2.24, 2.45) is 11.8 Å². The van der Waals surface area contributed by atoms with Crippen LogP contribution in [0.2, 0.25) is 0 Å². The van der Waals surface area contributed by atoms with Crippen molar-refractivity contribution in [2.45, 2.75) is 52.0 Å². The second kappa shape index (κ2) is 10.0. The lowest BCUT2D eigenvalue weighted by Gasteiger charge is -2.36. The first-order valence-corrected chi connectivity index (χ1v) is 12.1. The summed E-state index contributed by atoms with van der Waals surface area (Å²) in [6, 6.07) is 8.65. The number of imide groups is 1. The van der Waals surface area contributed by atoms with Crippen LogP contribution in [-0.2, 0) is 14.4 Å². The van der Waals surface area contributed by atoms with Gasteiger partial charge in [0.05, 0.1) is 11.8 Å². The monoisotopic (exact) mass is 440 g/mol. The highest BCUT2D eigenvalue weighted by Gasteiger charge is 2.48. The number of fused-ring (bicyclic) bond motifs is 1. The maximum Gasteiger partial charge on any atom is 0.240 e. The van der Waals surface area contributed by atoms with E-state index in [1.54, 1.807) is 0 Å². The van der Waals surface area contributed by atoms with Gasteiger partial charge in [-0.2, -0.15) is 0 Å². The molecule has 0 bridgehead atoms. The van der Waals surface area contributed by atoms with Gasteiger partial charge in [0.2, 0.25) is 17.7 Å². The molecule has 3 fully saturated rings. The van der Waals surface area contributed by atoms with Crippen LogP contribution in [-0.4, -0.2) is 72.8 Å². The quantitative estimate of drug-likeness (QED) is 0.658. The molecule has 1 N–H and O–H groups in total. The summed E-state index contributed by atoms with van der Waals surface area (Å²) in [6.45, 7) is 8.94. The lowest BCUT2D eigenvalue weighted by atomic mass is 9.81. The molecule has 32 heavy (non-hydrogen) atoms. The highest BCUT2D eigenvalue weighted by molar-refractivity contribution is 6.07. The molecule has 7 nitrogen and oxygen atoms in total. The Hall–Kier alpha value is -2.41. The molecule has 2 aliphatic heterocycles. The molecule has 0 spiro atoms. The Morgan fingerprint density at radius 1 is 1.06 bits per heavy atom. The molecule has 174 valence electrons. The molecule has 4 rings (SSSR count). The minimum Gasteiger partial charge on any atom is -0.369 e. The van der Waals surface area contributed by atoms with Crippen molar-refractivity contribution in [3.05, 3.63) is 29.8 Å². The first-order valence-electron chi connectivity index (χ1n) is 12.1. The number of benzene rings is 1. The number of hydrogen-bond donors (Lipinski definition) is 1. The third-order valence-electron chi connectivity index (χ3n) is 7.26. The molecule has 1 saturated carbocycles. The van der Waals surface area contributed by atoms with Crippen molar-refractivity contribution in [1.82, 2.24) is 15.1 Å². The van der Waals surface area contributed by atoms with Gasteiger partial charge in [-0.15, -0.1) is 0 Å². The van der Waals surface area contributed by atoms with Gasteiger partial charge in [0.1, 0.15) is 6.54 Å². The Morgan fingerprint density at radius 3 is 2.34 bits per heavy atom. The fourth-order valence-electron chi connectivity index (χ4n) is 5.35. The number of nitrogens with one attached hydrogen (secondary N) is 1. The molecule has 1 aromatic rings. The van der Waals surface area contributed by atoms with E-state index in [0.717, 1.165) is 64.8 Å². The van der Waals surface area contributed by atoms with Gasteiger partial charge >= 0.3 is 0 Å². The molecular weight excluding hydrogens is 404 g/mol. The van der Waals surface area contributed by atoms with Crippen LogP contribution >= 0.6 is 0 Å². The van der Waals surface area contributed by atoms with Crippen LogP contribution in [0.4, 0.5) is 5.69 Å². The molecule has 1 aromatic carbocycles. The number of carbonyl (C=O) groups excluding carboxylic acids is 3. The van der Waals surface area contributed by atoms with Crippen molar-refractivity contribution in [3.63, 3.8) is 0 Å². The van der Waals surface area contributed by atoms with E-state index in [1.165, 1.54) is 16.2 Å². The average Bonchev–Trinajstić information content (AvgIpc) is 3.03. The zero-order chi connectivity index (χ0) is 22.7. The summed E-state index contributed by atoms with van der Waals surface area (Å²) in [5.41, 5.74) is 2.57. The molecule has 1 aliphatic carbocycles. The summed E-state index contributed by atoms with van der Waals surface area (Å²) >= 11 is 0. The van der Waals surface area contributed by atoms with Crippen molar-refractivity contribution >= 4 is 23.4 Å². The van der Waals surface area contributed by atoms with E-state index in [-0.39, 0.29) is 42.1 Å². The van der Waals surface area contributed by atoms with Gasteiger partial charge in [-0.3, -0.25) is 24.2 Å². The van der Waals surface area contributed by atoms with Crippen LogP contribution in [0.25, 0.3) is 0 Å². The zero-order valence-electron chi connectivity index (χ0n) is 19.4. The van der Waals surface area contributed by atoms with E-state index in [0.29, 0.717) is 0 Å². The standard InChI is InChI=1S/C25H36N4O3/c1-18-6-5-7-20(16-18)28-14-12-27(13-15-28)11-10-19(2)26-23(30)17-29-24(31)21-8-3-4-9-22(21)25(29)32/h5-7,16,19,21-22H,3-4,8-15,17H2,1-2H3,(H,26,30). The third-order valence-corrected chi connectivity index (χ3v) is 7.26. The van der Waals surface area contributed by atoms with Gasteiger partial charge in [0.25, 0.3) is 0 Å². The number of carbonyl (C=O) groups is 3. The van der Waals surface area contributed by atoms with Gasteiger partial charge < -0.3 is 10.2 Å². The minimum absolute atomic E-state index is 0.00684. The Labute approximate surface area is 191 Å². The highest BCUT2D eigenvalue weighted by Crippen LogP contribution is 2.37. The first kappa shape index (κ1) is 22.8. The minimum atomic E-state index is -0.234. The van der Waals surface area contributed by atoms with Crippen LogP contribution in [0.1, 0.15) is 44.6 Å². The number of piperazine rings is 1. The van der Waals surface area contributed by atoms with Crippen molar-refractivity contribution in [3.8, 4) is 0 Å². The first-order chi connectivity index (χ1) is 15.4. The van der Waals surface area contributed by atoms with Crippen LogP contribution < -0.4 is 10.2 Å². The Balaban J connectivity index is 1.18. The van der Waals surface area contributed by atoms with Gasteiger partial charge in [-0.05, 0) is 50.8 Å². The fraction of sp³-hybridized carbons (Fsp3) is 0.640. The summed E-state index contributed by atoms with van der Waals surface area (Å²) in [6.07, 6.45) is 4.40. The van der Waals surface area contributed by atoms with Crippen molar-refractivity contribution in [1.29, 1.82) is 0 Å². The summed E-state index contributed by atoms with van der Waals surface area (Å²) in [5, 5.41) is 2.99. The van der Waals surface area contributed by atoms with E-state index in [9.17, 15) is 14.4 Å². The van der Waals surface area contributed by atoms with Crippen LogP contribution in [0, 0.1) is 18.8 Å². The average molecular weight is 441 g/mol. The molecule has 3 amide bonds. The number of amides is 3. The Morgan fingerprint density at radius 2 is 1.72 bits per heavy atom. The number of anilines is 1. The smallest absolute Gasteiger partial charge is 0.240 e. The molecule has 0 radical (unpaired) electrons. The maximum atomic E-state index is 12.6. The van der Waals surface area contributed by atoms with Gasteiger partial charge in [-0.1, -0.05) is 25.0 Å². The Kier molecular flexibility index (Phi) is 7.13. The number of nitrogens with zero attached hydrogens (tertiary/aromatic N) is 3. The second-order valence-corrected chi connectivity index (χ2v) is 9.68. The predicted octanol–water partition coefficient (Wildman–Crippen LogP) is 2.19. The Bertz CT molecular complexity index is 825. The molecule has 2 heterocycles. The van der Waals surface area contributed by atoms with E-state index in [4.69, 9.17) is 0 Å². The SMILES string of the molecule is Cc1cccc(N2CCN(CCC(C)NC(=O)CN3C(=O)C4CCCCC4C3=O)CC2)c1. The lowest BCUT2D eigenvalue weighted by molar-refractivity contribution is -0.143. The van der Waals surface area contributed by atoms with E-state index in [1.807, 2.05) is 6.92 Å². The molecule has 2 saturated heterocycles. The molecule has 0 aromatic heterocycles. The van der Waals surface area contributed by atoms with Gasteiger partial charge in [-0.25, -0.2) is 0 Å². The van der Waals surface area contributed by atoms with E-state index in [2.05, 4.69) is 46.3 Å². The predicted molar refractivity (Wildman–Crippen MR) is 124 cm³/mol. The summed E-state index contributed by atoms with van der Waals surface area (Å²) in [7, 11) is 0. The molecule has 3 aliphatic rings. The normalized spacial score (nSPS) is 25.1. The van der Waals surface area contributed by atoms with E-state index < -0.39 is 0 Å². The summed E-state index contributed by atoms with van der Waals surface area (Å²) in [5.74, 6) is -0.912. The molecular formula is C25H36N4O3. The third kappa shape index (κ3) is 5.14. The number of rotatable bonds is 7. The largest absolute Gasteiger partial charge is 0.369 e. The fourth-order valence-corrected chi connectivity index (χ4v) is 5.35. The zero-order valence-corrected chi connectivity index (χ0v) is 19.4.